The average Bonchev–Trinajstić information content (AvgIpc) is 2.92. The highest BCUT2D eigenvalue weighted by molar-refractivity contribution is 6.99. The van der Waals surface area contributed by atoms with Crippen molar-refractivity contribution in [1.82, 2.24) is 0 Å². The van der Waals surface area contributed by atoms with E-state index in [9.17, 15) is 22.8 Å². The number of hydrogen-bond acceptors (Lipinski definition) is 3. The van der Waals surface area contributed by atoms with Crippen LogP contribution in [0.25, 0.3) is 0 Å². The third kappa shape index (κ3) is 8.36. The van der Waals surface area contributed by atoms with Crippen molar-refractivity contribution >= 4 is 32.8 Å². The van der Waals surface area contributed by atoms with E-state index in [1.54, 1.807) is 0 Å². The Morgan fingerprint density at radius 3 is 1.74 bits per heavy atom. The molecule has 0 heterocycles. The minimum atomic E-state index is -4.91. The van der Waals surface area contributed by atoms with Crippen LogP contribution in [0.15, 0.2) is 84.9 Å². The summed E-state index contributed by atoms with van der Waals surface area (Å²) in [5, 5.41) is 1.86. The maximum Gasteiger partial charge on any atom is 0.454 e. The lowest BCUT2D eigenvalue weighted by atomic mass is 9.94. The molecular formula is C35H43F3O3Si2. The Labute approximate surface area is 256 Å². The quantitative estimate of drug-likeness (QED) is 0.143. The van der Waals surface area contributed by atoms with Gasteiger partial charge in [-0.05, 0) is 70.1 Å². The topological polar surface area (TPSA) is 46.5 Å². The molecule has 3 aromatic carbocycles. The Kier molecular flexibility index (Phi) is 10.7. The van der Waals surface area contributed by atoms with Crippen molar-refractivity contribution in [1.29, 1.82) is 0 Å². The van der Waals surface area contributed by atoms with Gasteiger partial charge in [0.15, 0.2) is 8.32 Å². The van der Waals surface area contributed by atoms with Gasteiger partial charge in [-0.3, -0.25) is 4.79 Å². The highest BCUT2D eigenvalue weighted by Gasteiger charge is 2.50. The van der Waals surface area contributed by atoms with Crippen LogP contribution >= 0.6 is 0 Å². The molecule has 0 amide bonds. The molecule has 3 nitrogen and oxygen atoms in total. The van der Waals surface area contributed by atoms with Crippen LogP contribution in [0.4, 0.5) is 13.2 Å². The van der Waals surface area contributed by atoms with Crippen LogP contribution in [0.2, 0.25) is 23.2 Å². The normalized spacial score (nSPS) is 13.7. The molecule has 0 spiro atoms. The molecule has 3 aromatic rings. The molecule has 0 aliphatic carbocycles. The lowest BCUT2D eigenvalue weighted by Crippen LogP contribution is -2.67. The molecule has 43 heavy (non-hydrogen) atoms. The van der Waals surface area contributed by atoms with Gasteiger partial charge in [-0.25, -0.2) is 0 Å². The van der Waals surface area contributed by atoms with E-state index < -0.39 is 34.2 Å². The molecule has 0 aliphatic rings. The van der Waals surface area contributed by atoms with E-state index in [0.29, 0.717) is 25.0 Å². The first-order valence-corrected chi connectivity index (χ1v) is 19.4. The van der Waals surface area contributed by atoms with Crippen molar-refractivity contribution in [2.75, 3.05) is 6.61 Å². The summed E-state index contributed by atoms with van der Waals surface area (Å²) in [6.07, 6.45) is -3.73. The van der Waals surface area contributed by atoms with Crippen LogP contribution < -0.4 is 10.4 Å². The molecule has 230 valence electrons. The number of rotatable bonds is 10. The van der Waals surface area contributed by atoms with Gasteiger partial charge in [-0.2, -0.15) is 13.2 Å². The van der Waals surface area contributed by atoms with Crippen molar-refractivity contribution < 1.29 is 27.2 Å². The van der Waals surface area contributed by atoms with Gasteiger partial charge >= 0.3 is 6.18 Å². The maximum atomic E-state index is 12.8. The number of halogens is 3. The van der Waals surface area contributed by atoms with Crippen molar-refractivity contribution in [3.05, 3.63) is 96.1 Å². The molecule has 0 saturated carbocycles. The molecule has 0 aromatic heterocycles. The van der Waals surface area contributed by atoms with E-state index in [2.05, 4.69) is 95.0 Å². The summed E-state index contributed by atoms with van der Waals surface area (Å²) in [5.74, 6) is 4.40. The molecule has 3 rings (SSSR count). The van der Waals surface area contributed by atoms with Crippen LogP contribution in [0, 0.1) is 17.8 Å². The summed E-state index contributed by atoms with van der Waals surface area (Å²) in [5.41, 5.74) is 0.119. The summed E-state index contributed by atoms with van der Waals surface area (Å²) in [6, 6.07) is 26.0. The van der Waals surface area contributed by atoms with E-state index in [0.717, 1.165) is 12.1 Å². The molecule has 1 N–H and O–H groups in total. The fraction of sp³-hybridized carbons (Fsp3) is 0.400. The summed E-state index contributed by atoms with van der Waals surface area (Å²) in [7, 11) is -5.33. The maximum absolute atomic E-state index is 12.8. The van der Waals surface area contributed by atoms with Gasteiger partial charge in [-0.15, -0.1) is 0 Å². The lowest BCUT2D eigenvalue weighted by molar-refractivity contribution is -0.0885. The van der Waals surface area contributed by atoms with Gasteiger partial charge in [-0.1, -0.05) is 107 Å². The molecule has 0 saturated heterocycles. The zero-order valence-corrected chi connectivity index (χ0v) is 28.2. The Morgan fingerprint density at radius 1 is 0.837 bits per heavy atom. The van der Waals surface area contributed by atoms with Crippen LogP contribution in [0.1, 0.15) is 63.4 Å². The first-order valence-electron chi connectivity index (χ1n) is 14.6. The highest BCUT2D eigenvalue weighted by Crippen LogP contribution is 2.43. The molecular weight excluding hydrogens is 582 g/mol. The van der Waals surface area contributed by atoms with Gasteiger partial charge in [0.25, 0.3) is 14.1 Å². The first kappa shape index (κ1) is 34.5. The zero-order valence-electron chi connectivity index (χ0n) is 26.2. The van der Waals surface area contributed by atoms with Gasteiger partial charge in [0, 0.05) is 24.2 Å². The Morgan fingerprint density at radius 2 is 1.33 bits per heavy atom. The summed E-state index contributed by atoms with van der Waals surface area (Å²) in [4.78, 5) is 22.6. The number of carbonyl (C=O) groups excluding carboxylic acids is 1. The third-order valence-corrected chi connectivity index (χ3v) is 17.0. The number of hydrogen-bond donors (Lipinski definition) is 1. The van der Waals surface area contributed by atoms with E-state index in [1.807, 2.05) is 25.2 Å². The second-order valence-electron chi connectivity index (χ2n) is 13.4. The van der Waals surface area contributed by atoms with Crippen LogP contribution in [-0.2, 0) is 4.43 Å². The molecule has 0 unspecified atom stereocenters. The van der Waals surface area contributed by atoms with Gasteiger partial charge < -0.3 is 9.22 Å². The Balaban J connectivity index is 1.96. The van der Waals surface area contributed by atoms with Crippen LogP contribution in [-0.4, -0.2) is 40.0 Å². The van der Waals surface area contributed by atoms with E-state index in [-0.39, 0.29) is 16.0 Å². The predicted octanol–water partition coefficient (Wildman–Crippen LogP) is 7.73. The number of alkyl halides is 3. The van der Waals surface area contributed by atoms with E-state index >= 15 is 0 Å². The fourth-order valence-corrected chi connectivity index (χ4v) is 10.8. The van der Waals surface area contributed by atoms with Gasteiger partial charge in [0.1, 0.15) is 0 Å². The fourth-order valence-electron chi connectivity index (χ4n) is 5.33. The predicted molar refractivity (Wildman–Crippen MR) is 174 cm³/mol. The number of Topliss-reactive ketones (excluding diaryl/α,β-unsaturated/α-hetero) is 1. The van der Waals surface area contributed by atoms with Crippen LogP contribution in [0.5, 0.6) is 0 Å². The summed E-state index contributed by atoms with van der Waals surface area (Å²) >= 11 is 0. The first-order chi connectivity index (χ1) is 19.9. The largest absolute Gasteiger partial charge is 0.454 e. The lowest BCUT2D eigenvalue weighted by Gasteiger charge is -2.44. The Hall–Kier alpha value is -2.97. The average molecular weight is 625 g/mol. The SMILES string of the molecule is CC(C)(C[C@@H](CC#Cc1ccc(C(=O)C(F)(F)F)cc1)CO[Si](c1ccccc1)(c1ccccc1)C(C)(C)C)[Si](C)(C)O. The van der Waals surface area contributed by atoms with Crippen molar-refractivity contribution in [2.24, 2.45) is 5.92 Å². The zero-order chi connectivity index (χ0) is 32.1. The number of ketones is 1. The smallest absolute Gasteiger partial charge is 0.432 e. The minimum absolute atomic E-state index is 0.00541. The van der Waals surface area contributed by atoms with Gasteiger partial charge in [0.2, 0.25) is 0 Å². The van der Waals surface area contributed by atoms with E-state index in [4.69, 9.17) is 4.43 Å². The molecule has 0 radical (unpaired) electrons. The minimum Gasteiger partial charge on any atom is -0.432 e. The highest BCUT2D eigenvalue weighted by atomic mass is 28.4. The van der Waals surface area contributed by atoms with Crippen LogP contribution in [0.3, 0.4) is 0 Å². The number of benzene rings is 3. The van der Waals surface area contributed by atoms with Crippen molar-refractivity contribution in [3.63, 3.8) is 0 Å². The Bertz CT molecular complexity index is 1370. The molecule has 8 heteroatoms. The monoisotopic (exact) mass is 624 g/mol. The molecule has 1 atom stereocenters. The second-order valence-corrected chi connectivity index (χ2v) is 22.2. The van der Waals surface area contributed by atoms with Crippen molar-refractivity contribution in [3.8, 4) is 11.8 Å². The van der Waals surface area contributed by atoms with E-state index in [1.165, 1.54) is 22.5 Å². The molecule has 0 bridgehead atoms. The second kappa shape index (κ2) is 13.4. The summed E-state index contributed by atoms with van der Waals surface area (Å²) < 4.78 is 45.6. The summed E-state index contributed by atoms with van der Waals surface area (Å²) in [6.45, 7) is 15.2. The molecule has 0 fully saturated rings. The third-order valence-electron chi connectivity index (χ3n) is 8.44. The standard InChI is InChI=1S/C35H43F3O3Si2/c1-33(2,3)43(30-17-10-8-11-18-30,31-19-12-9-13-20-31)41-26-28(25-34(4,5)42(6,7)40)16-14-15-27-21-23-29(24-22-27)32(39)35(36,37)38/h8-13,17-24,28,40H,16,25-26H2,1-7H3/t28-/m1/s1. The van der Waals surface area contributed by atoms with Crippen molar-refractivity contribution in [2.45, 2.75) is 76.8 Å². The van der Waals surface area contributed by atoms with Gasteiger partial charge in [0.05, 0.1) is 0 Å². The molecule has 0 aliphatic heterocycles. The number of carbonyl (C=O) groups is 1.